The van der Waals surface area contributed by atoms with Crippen LogP contribution < -0.4 is 39.6 Å². The molecular weight excluding hydrogens is 1390 g/mol. The molecule has 6 aliphatic heterocycles. The second-order valence-corrected chi connectivity index (χ2v) is 27.0. The number of carbonyl (C=O) groups excluding carboxylic acids is 4. The van der Waals surface area contributed by atoms with Gasteiger partial charge < -0.3 is 94.4 Å². The zero-order valence-corrected chi connectivity index (χ0v) is 60.3. The number of aliphatic hydroxyl groups is 2. The molecule has 10 atom stereocenters. The number of Topliss-reactive ketones (excluding diaryl/α,β-unsaturated/α-hetero) is 1. The molecule has 6 aromatic rings. The number of carbonyl (C=O) groups is 4. The Kier molecular flexibility index (Phi) is 25.1. The Bertz CT molecular complexity index is 4250. The third-order valence-corrected chi connectivity index (χ3v) is 19.0. The van der Waals surface area contributed by atoms with E-state index in [2.05, 4.69) is 39.9 Å². The molecule has 2 saturated heterocycles. The van der Waals surface area contributed by atoms with Crippen LogP contribution in [0.2, 0.25) is 0 Å². The number of phenols is 3. The lowest BCUT2D eigenvalue weighted by molar-refractivity contribution is -0.389. The number of alkyl halides is 3. The number of anilines is 2. The number of benzene rings is 4. The zero-order valence-electron chi connectivity index (χ0n) is 60.3. The lowest BCUT2D eigenvalue weighted by atomic mass is 9.78. The smallest absolute Gasteiger partial charge is 0.507 e. The van der Waals surface area contributed by atoms with E-state index in [1.165, 1.54) is 108 Å². The molecule has 6 aliphatic rings. The van der Waals surface area contributed by atoms with Gasteiger partial charge in [-0.05, 0) is 87.3 Å². The van der Waals surface area contributed by atoms with E-state index in [1.54, 1.807) is 49.4 Å². The van der Waals surface area contributed by atoms with Gasteiger partial charge in [0.2, 0.25) is 0 Å². The van der Waals surface area contributed by atoms with E-state index < -0.39 is 112 Å². The number of hydrogen-bond donors (Lipinski definition) is 7. The number of amides is 2. The summed E-state index contributed by atoms with van der Waals surface area (Å²) in [7, 11) is 3.42. The first-order chi connectivity index (χ1) is 50.1. The molecule has 2 fully saturated rings. The number of allylic oxidation sites excluding steroid dienone is 2. The Labute approximate surface area is 608 Å². The van der Waals surface area contributed by atoms with Crippen LogP contribution in [-0.2, 0) is 30.3 Å². The molecule has 0 unspecified atom stereocenters. The number of esters is 1. The molecule has 30 nitrogen and oxygen atoms in total. The van der Waals surface area contributed by atoms with E-state index in [0.717, 1.165) is 44.7 Å². The normalized spacial score (nSPS) is 25.6. The van der Waals surface area contributed by atoms with E-state index in [4.69, 9.17) is 38.9 Å². The zero-order chi connectivity index (χ0) is 77.3. The average Bonchev–Trinajstić information content (AvgIpc) is 1.48. The molecule has 5 bridgehead atoms. The number of ketones is 1. The quantitative estimate of drug-likeness (QED) is 0.0142. The molecule has 0 aliphatic carbocycles. The number of nitro groups is 1. The Hall–Kier alpha value is -10.8. The summed E-state index contributed by atoms with van der Waals surface area (Å²) in [5, 5.41) is 77.7. The molecule has 106 heavy (non-hydrogen) atoms. The fourth-order valence-electron chi connectivity index (χ4n) is 12.8. The molecule has 8 heterocycles. The van der Waals surface area contributed by atoms with Crippen molar-refractivity contribution in [2.75, 3.05) is 70.2 Å². The van der Waals surface area contributed by atoms with E-state index in [1.807, 2.05) is 38.2 Å². The number of methoxy groups -OCH3 is 1. The van der Waals surface area contributed by atoms with E-state index in [0.29, 0.717) is 31.1 Å². The Morgan fingerprint density at radius 2 is 1.53 bits per heavy atom. The fourth-order valence-corrected chi connectivity index (χ4v) is 12.8. The van der Waals surface area contributed by atoms with Gasteiger partial charge in [0.1, 0.15) is 65.2 Å². The first-order valence-corrected chi connectivity index (χ1v) is 34.1. The molecular formula is C73H88F3N11O19. The van der Waals surface area contributed by atoms with Crippen molar-refractivity contribution < 1.29 is 101 Å². The van der Waals surface area contributed by atoms with Gasteiger partial charge in [0.05, 0.1) is 65.7 Å². The third kappa shape index (κ3) is 18.8. The second-order valence-electron chi connectivity index (χ2n) is 27.0. The maximum absolute atomic E-state index is 14.4. The lowest BCUT2D eigenvalue weighted by Crippen LogP contribution is -2.46. The predicted octanol–water partition coefficient (Wildman–Crippen LogP) is 8.88. The summed E-state index contributed by atoms with van der Waals surface area (Å²) in [6, 6.07) is 13.3. The molecule has 12 rings (SSSR count). The number of primary amides is 1. The summed E-state index contributed by atoms with van der Waals surface area (Å²) in [6.45, 7) is 19.1. The number of nitrogens with zero attached hydrogens (tertiary/aromatic N) is 9. The number of aromatic nitrogens is 4. The summed E-state index contributed by atoms with van der Waals surface area (Å²) in [4.78, 5) is 76.6. The van der Waals surface area contributed by atoms with Crippen LogP contribution in [0.15, 0.2) is 115 Å². The van der Waals surface area contributed by atoms with Gasteiger partial charge in [0.15, 0.2) is 11.4 Å². The highest BCUT2D eigenvalue weighted by atomic mass is 19.4. The number of fused-ring (bicyclic) bond motifs is 15. The number of phenolic OH excluding ortho intramolecular Hbond substituents is 3. The maximum atomic E-state index is 14.4. The summed E-state index contributed by atoms with van der Waals surface area (Å²) in [6.07, 6.45) is 7.21. The minimum Gasteiger partial charge on any atom is -0.507 e. The number of nitrogens with two attached hydrogens (primary N) is 1. The number of ether oxygens (including phenoxy) is 8. The Morgan fingerprint density at radius 1 is 0.868 bits per heavy atom. The van der Waals surface area contributed by atoms with Crippen molar-refractivity contribution in [2.45, 2.75) is 130 Å². The van der Waals surface area contributed by atoms with Crippen molar-refractivity contribution in [3.8, 4) is 46.3 Å². The van der Waals surface area contributed by atoms with E-state index >= 15 is 0 Å². The van der Waals surface area contributed by atoms with Crippen LogP contribution in [0.3, 0.4) is 0 Å². The summed E-state index contributed by atoms with van der Waals surface area (Å²) in [5.74, 6) is -8.25. The van der Waals surface area contributed by atoms with Crippen molar-refractivity contribution in [1.82, 2.24) is 29.4 Å². The highest BCUT2D eigenvalue weighted by molar-refractivity contribution is 6.24. The van der Waals surface area contributed by atoms with E-state index in [9.17, 15) is 68.0 Å². The standard InChI is InChI=1S/C43H58N4O12.C25H25F3N4O6.C5H5N3O/c1-21-12-11-13-22(2)42(55)45-33-28(20-44-47-17-15-46(9)16-18-47)37(52)30-31(38(33)53)36(51)26(6)40-32(30)41(54)43(8,59-40)57-19-14-29(56-10)23(3)39(58-27(7)48)25(5)35(50)24(4)34(21)49;1-24(15-31-14-22(32(33)34)29-23(31)38-24)16-35-18-4-2-17(3-5-18)30-12-10-20(11-13-30)36-19-6-8-21(9-7-19)37-25(26,27)28;6-5(9)4-3-7-1-2-8-4/h11-14,19-21,23-25,29,34-35,39,49-53H,15-18H2,1-10H3,(H,45,55);2-9,14,20H,10-13,15-16H2,1H3;1-3H,(H2,6,9)/b12-11+,19-14+,22-13-,44-20-;;/t21-,23-,24-,25-,29+,34+,35+,39-,43+;24-;/m11./s1. The third-order valence-electron chi connectivity index (χ3n) is 19.0. The molecule has 0 spiro atoms. The minimum atomic E-state index is -4.72. The van der Waals surface area contributed by atoms with Crippen LogP contribution in [0.5, 0.6) is 46.3 Å². The monoisotopic (exact) mass is 1480 g/mol. The van der Waals surface area contributed by atoms with Gasteiger partial charge in [0.25, 0.3) is 17.6 Å². The number of imidazole rings is 1. The van der Waals surface area contributed by atoms with Crippen LogP contribution in [0.25, 0.3) is 10.8 Å². The van der Waals surface area contributed by atoms with Crippen molar-refractivity contribution in [3.63, 3.8) is 0 Å². The van der Waals surface area contributed by atoms with Crippen molar-refractivity contribution >= 4 is 57.7 Å². The van der Waals surface area contributed by atoms with Crippen LogP contribution in [-0.4, -0.2) is 198 Å². The number of hydrazone groups is 1. The molecule has 2 aromatic heterocycles. The molecule has 570 valence electrons. The van der Waals surface area contributed by atoms with Gasteiger partial charge in [-0.25, -0.2) is 4.98 Å². The SMILES string of the molecule is CO[C@H]1/C=C/O[C@@]2(C)Oc3c(C)c(O)c4c(O)c(c(/C=N\N5CCN(C)CC5)c(O)c4c3C2=O)NC(=O)/C(C)=C\C=C\[C@@H](C)[C@H](O)[C@@H](C)[C@H](O)[C@@H](C)[C@H](OC(C)=O)[C@@H]1C.C[C@]1(COc2ccc(N3CCC(Oc4ccc(OC(F)(F)F)cc4)CC3)cc2)Cn2cc([N+](=O)[O-])nc2O1.NC(=O)c1cnccn1. The molecule has 8 N–H and O–H groups in total. The van der Waals surface area contributed by atoms with Crippen LogP contribution in [0.4, 0.5) is 30.4 Å². The Balaban J connectivity index is 0.000000234. The lowest BCUT2D eigenvalue weighted by Gasteiger charge is -2.38. The summed E-state index contributed by atoms with van der Waals surface area (Å²) < 4.78 is 83.7. The molecule has 33 heteroatoms. The number of halogens is 3. The fraction of sp³-hybridized carbons (Fsp3) is 0.452. The number of piperazine rings is 1. The largest absolute Gasteiger partial charge is 0.573 e. The predicted molar refractivity (Wildman–Crippen MR) is 380 cm³/mol. The minimum absolute atomic E-state index is 0.0356. The van der Waals surface area contributed by atoms with Crippen LogP contribution in [0, 0.1) is 40.7 Å². The Morgan fingerprint density at radius 3 is 2.12 bits per heavy atom. The van der Waals surface area contributed by atoms with E-state index in [-0.39, 0.29) is 80.5 Å². The van der Waals surface area contributed by atoms with Crippen molar-refractivity contribution in [2.24, 2.45) is 34.5 Å². The number of hydrogen-bond acceptors (Lipinski definition) is 26. The highest BCUT2D eigenvalue weighted by Gasteiger charge is 2.50. The van der Waals surface area contributed by atoms with Crippen LogP contribution >= 0.6 is 0 Å². The van der Waals surface area contributed by atoms with Crippen LogP contribution in [0.1, 0.15) is 100 Å². The molecule has 0 saturated carbocycles. The van der Waals surface area contributed by atoms with Gasteiger partial charge in [-0.2, -0.15) is 5.10 Å². The number of piperidine rings is 1. The van der Waals surface area contributed by atoms with Gasteiger partial charge in [0, 0.05) is 136 Å². The second kappa shape index (κ2) is 33.6. The topological polar surface area (TPSA) is 390 Å². The van der Waals surface area contributed by atoms with Crippen molar-refractivity contribution in [1.29, 1.82) is 0 Å². The first kappa shape index (κ1) is 79.3. The molecule has 0 radical (unpaired) electrons. The number of rotatable bonds is 13. The number of aliphatic hydroxyl groups excluding tert-OH is 2. The summed E-state index contributed by atoms with van der Waals surface area (Å²) in [5.41, 5.74) is 5.07. The molecule has 2 amide bonds. The number of nitrogens with one attached hydrogen (secondary N) is 1. The highest BCUT2D eigenvalue weighted by Crippen LogP contribution is 2.55. The maximum Gasteiger partial charge on any atom is 0.573 e. The van der Waals surface area contributed by atoms with Gasteiger partial charge in [-0.1, -0.05) is 45.9 Å². The summed E-state index contributed by atoms with van der Waals surface area (Å²) >= 11 is 0. The van der Waals surface area contributed by atoms with Crippen molar-refractivity contribution in [3.05, 3.63) is 142 Å². The molecule has 4 aromatic carbocycles. The average molecular weight is 1480 g/mol. The number of likely N-dealkylation sites (N-methyl/N-ethyl adjacent to an activating group) is 1. The van der Waals surface area contributed by atoms with Gasteiger partial charge >= 0.3 is 29.9 Å². The van der Waals surface area contributed by atoms with Gasteiger partial charge in [-0.3, -0.25) is 33.7 Å². The van der Waals surface area contributed by atoms with Gasteiger partial charge in [-0.15, -0.1) is 13.2 Å². The number of aromatic hydroxyl groups is 3. The first-order valence-electron chi connectivity index (χ1n) is 34.1.